The van der Waals surface area contributed by atoms with Crippen LogP contribution in [0.25, 0.3) is 0 Å². The summed E-state index contributed by atoms with van der Waals surface area (Å²) >= 11 is 3.05. The van der Waals surface area contributed by atoms with Gasteiger partial charge < -0.3 is 9.64 Å². The number of carbonyl (C=O) groups is 1. The molecule has 5 nitrogen and oxygen atoms in total. The van der Waals surface area contributed by atoms with Crippen LogP contribution in [0.2, 0.25) is 0 Å². The lowest BCUT2D eigenvalue weighted by molar-refractivity contribution is 0.0778. The second-order valence-corrected chi connectivity index (χ2v) is 7.66. The summed E-state index contributed by atoms with van der Waals surface area (Å²) in [5.41, 5.74) is 0.0236. The lowest BCUT2D eigenvalue weighted by Gasteiger charge is -2.18. The number of hydrogen-bond donors (Lipinski definition) is 0. The Hall–Kier alpha value is -0.700. The molecule has 1 rings (SSSR count). The number of benzene rings is 1. The quantitative estimate of drug-likeness (QED) is 0.542. The molecule has 0 fully saturated rings. The fraction of sp³-hybridized carbons (Fsp3) is 0.417. The van der Waals surface area contributed by atoms with Crippen molar-refractivity contribution in [3.63, 3.8) is 0 Å². The van der Waals surface area contributed by atoms with Gasteiger partial charge in [0.1, 0.15) is 10.7 Å². The average molecular weight is 403 g/mol. The number of halogens is 3. The topological polar surface area (TPSA) is 63.7 Å². The van der Waals surface area contributed by atoms with Crippen LogP contribution in [0.15, 0.2) is 21.5 Å². The highest BCUT2D eigenvalue weighted by atomic mass is 79.9. The molecule has 9 heteroatoms. The van der Waals surface area contributed by atoms with Gasteiger partial charge in [-0.15, -0.1) is 0 Å². The van der Waals surface area contributed by atoms with Crippen LogP contribution in [-0.4, -0.2) is 46.5 Å². The molecule has 0 heterocycles. The van der Waals surface area contributed by atoms with Crippen molar-refractivity contribution in [1.29, 1.82) is 0 Å². The van der Waals surface area contributed by atoms with E-state index in [0.717, 1.165) is 12.1 Å². The molecule has 0 spiro atoms. The highest BCUT2D eigenvalue weighted by molar-refractivity contribution is 9.10. The molecule has 1 aromatic carbocycles. The summed E-state index contributed by atoms with van der Waals surface area (Å²) in [7, 11) is 3.99. The minimum absolute atomic E-state index is 0.0236. The highest BCUT2D eigenvalue weighted by Crippen LogP contribution is 2.27. The predicted octanol–water partition coefficient (Wildman–Crippen LogP) is 2.62. The van der Waals surface area contributed by atoms with Crippen LogP contribution in [0.4, 0.5) is 4.39 Å². The summed E-state index contributed by atoms with van der Waals surface area (Å²) in [6.07, 6.45) is 0.623. The maximum Gasteiger partial charge on any atom is 0.264 e. The van der Waals surface area contributed by atoms with E-state index < -0.39 is 25.7 Å². The summed E-state index contributed by atoms with van der Waals surface area (Å²) in [5.74, 6) is -1.46. The molecule has 0 aromatic heterocycles. The molecular formula is C12H14BrClFNO4S. The molecule has 0 atom stereocenters. The van der Waals surface area contributed by atoms with Gasteiger partial charge in [-0.1, -0.05) is 0 Å². The van der Waals surface area contributed by atoms with Crippen LogP contribution in [0.3, 0.4) is 0 Å². The molecule has 0 saturated heterocycles. The van der Waals surface area contributed by atoms with Crippen molar-refractivity contribution in [1.82, 2.24) is 4.90 Å². The Morgan fingerprint density at radius 3 is 2.62 bits per heavy atom. The van der Waals surface area contributed by atoms with Gasteiger partial charge in [0.2, 0.25) is 0 Å². The molecule has 0 aliphatic rings. The first-order chi connectivity index (χ1) is 9.68. The van der Waals surface area contributed by atoms with Gasteiger partial charge in [-0.05, 0) is 34.5 Å². The van der Waals surface area contributed by atoms with E-state index in [9.17, 15) is 17.6 Å². The number of methoxy groups -OCH3 is 1. The van der Waals surface area contributed by atoms with Crippen LogP contribution in [-0.2, 0) is 13.8 Å². The molecule has 118 valence electrons. The molecular weight excluding hydrogens is 389 g/mol. The lowest BCUT2D eigenvalue weighted by Crippen LogP contribution is -2.29. The normalized spacial score (nSPS) is 11.5. The van der Waals surface area contributed by atoms with Gasteiger partial charge in [0.25, 0.3) is 15.0 Å². The number of rotatable bonds is 6. The third-order valence-electron chi connectivity index (χ3n) is 2.70. The second kappa shape index (κ2) is 7.53. The molecule has 0 aliphatic carbocycles. The van der Waals surface area contributed by atoms with Gasteiger partial charge >= 0.3 is 0 Å². The molecule has 1 amide bonds. The fourth-order valence-corrected chi connectivity index (χ4v) is 3.02. The Kier molecular flexibility index (Phi) is 6.58. The van der Waals surface area contributed by atoms with Crippen LogP contribution >= 0.6 is 26.6 Å². The fourth-order valence-electron chi connectivity index (χ4n) is 1.63. The van der Waals surface area contributed by atoms with Crippen molar-refractivity contribution in [2.24, 2.45) is 0 Å². The molecule has 0 unspecified atom stereocenters. The molecule has 1 aromatic rings. The highest BCUT2D eigenvalue weighted by Gasteiger charge is 2.23. The SMILES string of the molecule is COCCCN(C)C(=O)c1cc(S(=O)(=O)Cl)c(F)cc1Br. The first kappa shape index (κ1) is 18.3. The smallest absolute Gasteiger partial charge is 0.264 e. The number of nitrogens with zero attached hydrogens (tertiary/aromatic N) is 1. The number of amides is 1. The predicted molar refractivity (Wildman–Crippen MR) is 80.6 cm³/mol. The molecule has 0 N–H and O–H groups in total. The third kappa shape index (κ3) is 4.91. The van der Waals surface area contributed by atoms with E-state index in [2.05, 4.69) is 15.9 Å². The zero-order valence-corrected chi connectivity index (χ0v) is 14.6. The van der Waals surface area contributed by atoms with Crippen LogP contribution in [0.5, 0.6) is 0 Å². The van der Waals surface area contributed by atoms with E-state index in [0.29, 0.717) is 19.6 Å². The zero-order chi connectivity index (χ0) is 16.2. The van der Waals surface area contributed by atoms with Crippen molar-refractivity contribution in [3.8, 4) is 0 Å². The van der Waals surface area contributed by atoms with E-state index >= 15 is 0 Å². The van der Waals surface area contributed by atoms with Gasteiger partial charge in [0, 0.05) is 42.5 Å². The Bertz CT molecular complexity index is 638. The van der Waals surface area contributed by atoms with Crippen molar-refractivity contribution >= 4 is 41.6 Å². The largest absolute Gasteiger partial charge is 0.385 e. The summed E-state index contributed by atoms with van der Waals surface area (Å²) < 4.78 is 41.2. The third-order valence-corrected chi connectivity index (χ3v) is 4.70. The average Bonchev–Trinajstić information content (AvgIpc) is 2.36. The lowest BCUT2D eigenvalue weighted by atomic mass is 10.2. The van der Waals surface area contributed by atoms with Gasteiger partial charge in [-0.3, -0.25) is 4.79 Å². The minimum atomic E-state index is -4.27. The molecule has 0 saturated carbocycles. The van der Waals surface area contributed by atoms with E-state index in [1.165, 1.54) is 4.90 Å². The van der Waals surface area contributed by atoms with Gasteiger partial charge in [0.15, 0.2) is 0 Å². The summed E-state index contributed by atoms with van der Waals surface area (Å²) in [6.45, 7) is 0.906. The van der Waals surface area contributed by atoms with Gasteiger partial charge in [0.05, 0.1) is 5.56 Å². The molecule has 0 radical (unpaired) electrons. The van der Waals surface area contributed by atoms with Gasteiger partial charge in [-0.2, -0.15) is 0 Å². The van der Waals surface area contributed by atoms with Crippen LogP contribution in [0.1, 0.15) is 16.8 Å². The molecule has 21 heavy (non-hydrogen) atoms. The first-order valence-corrected chi connectivity index (χ1v) is 8.96. The maximum atomic E-state index is 13.6. The standard InChI is InChI=1S/C12H14BrClFNO4S/c1-16(4-3-5-20-2)12(17)8-6-11(21(14,18)19)10(15)7-9(8)13/h6-7H,3-5H2,1-2H3. The zero-order valence-electron chi connectivity index (χ0n) is 11.4. The Morgan fingerprint density at radius 1 is 1.48 bits per heavy atom. The van der Waals surface area contributed by atoms with Gasteiger partial charge in [-0.25, -0.2) is 12.8 Å². The van der Waals surface area contributed by atoms with Crippen molar-refractivity contribution in [3.05, 3.63) is 28.0 Å². The van der Waals surface area contributed by atoms with Crippen molar-refractivity contribution in [2.75, 3.05) is 27.3 Å². The monoisotopic (exact) mass is 401 g/mol. The Balaban J connectivity index is 3.10. The van der Waals surface area contributed by atoms with E-state index in [4.69, 9.17) is 15.4 Å². The van der Waals surface area contributed by atoms with E-state index in [1.54, 1.807) is 14.2 Å². The number of hydrogen-bond acceptors (Lipinski definition) is 4. The number of ether oxygens (including phenoxy) is 1. The van der Waals surface area contributed by atoms with Crippen LogP contribution < -0.4 is 0 Å². The molecule has 0 bridgehead atoms. The van der Waals surface area contributed by atoms with Crippen molar-refractivity contribution < 1.29 is 22.3 Å². The second-order valence-electron chi connectivity index (χ2n) is 4.27. The first-order valence-electron chi connectivity index (χ1n) is 5.86. The van der Waals surface area contributed by atoms with Crippen LogP contribution in [0, 0.1) is 5.82 Å². The maximum absolute atomic E-state index is 13.6. The van der Waals surface area contributed by atoms with Crippen molar-refractivity contribution in [2.45, 2.75) is 11.3 Å². The Labute approximate surface area is 135 Å². The summed E-state index contributed by atoms with van der Waals surface area (Å²) in [4.78, 5) is 12.9. The minimum Gasteiger partial charge on any atom is -0.385 e. The Morgan fingerprint density at radius 2 is 2.10 bits per heavy atom. The summed E-state index contributed by atoms with van der Waals surface area (Å²) in [6, 6.07) is 1.84. The van der Waals surface area contributed by atoms with E-state index in [-0.39, 0.29) is 10.0 Å². The molecule has 0 aliphatic heterocycles. The number of carbonyl (C=O) groups excluding carboxylic acids is 1. The van der Waals surface area contributed by atoms with E-state index in [1.807, 2.05) is 0 Å². The summed E-state index contributed by atoms with van der Waals surface area (Å²) in [5, 5.41) is 0.